The summed E-state index contributed by atoms with van der Waals surface area (Å²) in [7, 11) is 0. The maximum atomic E-state index is 12.7. The van der Waals surface area contributed by atoms with Gasteiger partial charge < -0.3 is 15.0 Å². The quantitative estimate of drug-likeness (QED) is 0.914. The predicted molar refractivity (Wildman–Crippen MR) is 94.5 cm³/mol. The second-order valence-electron chi connectivity index (χ2n) is 6.13. The second kappa shape index (κ2) is 8.50. The number of hydrogen-bond acceptors (Lipinski definition) is 3. The summed E-state index contributed by atoms with van der Waals surface area (Å²) in [6, 6.07) is 20.2. The smallest absolute Gasteiger partial charge is 0.410 e. The topological polar surface area (TPSA) is 41.6 Å². The minimum atomic E-state index is -0.227. The van der Waals surface area contributed by atoms with E-state index in [2.05, 4.69) is 17.4 Å². The summed E-state index contributed by atoms with van der Waals surface area (Å²) in [5.74, 6) is 0. The monoisotopic (exact) mass is 324 g/mol. The second-order valence-corrected chi connectivity index (χ2v) is 6.13. The molecule has 0 radical (unpaired) electrons. The number of amides is 1. The van der Waals surface area contributed by atoms with Crippen LogP contribution in [0.5, 0.6) is 0 Å². The van der Waals surface area contributed by atoms with Gasteiger partial charge in [-0.1, -0.05) is 60.7 Å². The van der Waals surface area contributed by atoms with Gasteiger partial charge in [-0.15, -0.1) is 0 Å². The fraction of sp³-hybridized carbons (Fsp3) is 0.350. The van der Waals surface area contributed by atoms with Gasteiger partial charge in [-0.05, 0) is 37.1 Å². The van der Waals surface area contributed by atoms with Gasteiger partial charge in [-0.2, -0.15) is 0 Å². The van der Waals surface area contributed by atoms with E-state index in [4.69, 9.17) is 4.74 Å². The van der Waals surface area contributed by atoms with E-state index in [1.807, 2.05) is 53.4 Å². The first-order valence-electron chi connectivity index (χ1n) is 8.55. The lowest BCUT2D eigenvalue weighted by molar-refractivity contribution is 0.0699. The summed E-state index contributed by atoms with van der Waals surface area (Å²) in [4.78, 5) is 14.6. The largest absolute Gasteiger partial charge is 0.445 e. The van der Waals surface area contributed by atoms with E-state index in [1.54, 1.807) is 0 Å². The third-order valence-electron chi connectivity index (χ3n) is 4.38. The molecule has 0 spiro atoms. The van der Waals surface area contributed by atoms with Gasteiger partial charge in [-0.3, -0.25) is 0 Å². The first-order chi connectivity index (χ1) is 11.8. The van der Waals surface area contributed by atoms with Gasteiger partial charge in [0.15, 0.2) is 0 Å². The molecule has 1 aliphatic rings. The lowest BCUT2D eigenvalue weighted by Gasteiger charge is -2.34. The van der Waals surface area contributed by atoms with E-state index in [0.717, 1.165) is 37.1 Å². The van der Waals surface area contributed by atoms with Gasteiger partial charge in [0.2, 0.25) is 0 Å². The summed E-state index contributed by atoms with van der Waals surface area (Å²) in [5.41, 5.74) is 2.14. The van der Waals surface area contributed by atoms with Gasteiger partial charge in [0.25, 0.3) is 0 Å². The minimum Gasteiger partial charge on any atom is -0.445 e. The number of ether oxygens (including phenoxy) is 1. The van der Waals surface area contributed by atoms with Crippen molar-refractivity contribution >= 4 is 6.09 Å². The summed E-state index contributed by atoms with van der Waals surface area (Å²) in [5, 5.41) is 3.35. The molecule has 1 aliphatic heterocycles. The van der Waals surface area contributed by atoms with E-state index < -0.39 is 0 Å². The highest BCUT2D eigenvalue weighted by molar-refractivity contribution is 5.68. The van der Waals surface area contributed by atoms with Crippen molar-refractivity contribution in [1.29, 1.82) is 0 Å². The SMILES string of the molecule is O=C(OCc1ccccc1)N(Cc1ccccc1)C1CCNCC1. The number of rotatable bonds is 5. The highest BCUT2D eigenvalue weighted by Crippen LogP contribution is 2.17. The van der Waals surface area contributed by atoms with Crippen LogP contribution < -0.4 is 5.32 Å². The van der Waals surface area contributed by atoms with Crippen molar-refractivity contribution in [2.75, 3.05) is 13.1 Å². The molecular formula is C20H24N2O2. The van der Waals surface area contributed by atoms with Crippen LogP contribution in [-0.2, 0) is 17.9 Å². The van der Waals surface area contributed by atoms with Crippen molar-refractivity contribution in [3.05, 3.63) is 71.8 Å². The maximum Gasteiger partial charge on any atom is 0.410 e. The standard InChI is InChI=1S/C20H24N2O2/c23-20(24-16-18-9-5-2-6-10-18)22(19-11-13-21-14-12-19)15-17-7-3-1-4-8-17/h1-10,19,21H,11-16H2. The third kappa shape index (κ3) is 4.59. The number of carbonyl (C=O) groups is 1. The lowest BCUT2D eigenvalue weighted by atomic mass is 10.0. The predicted octanol–water partition coefficient (Wildman–Crippen LogP) is 3.58. The Hall–Kier alpha value is -2.33. The molecule has 0 aromatic heterocycles. The number of benzene rings is 2. The summed E-state index contributed by atoms with van der Waals surface area (Å²) in [6.07, 6.45) is 1.70. The van der Waals surface area contributed by atoms with Gasteiger partial charge in [0.1, 0.15) is 6.61 Å². The van der Waals surface area contributed by atoms with Crippen molar-refractivity contribution < 1.29 is 9.53 Å². The molecule has 0 atom stereocenters. The fourth-order valence-corrected chi connectivity index (χ4v) is 3.04. The van der Waals surface area contributed by atoms with E-state index in [0.29, 0.717) is 13.2 Å². The minimum absolute atomic E-state index is 0.227. The molecule has 2 aromatic carbocycles. The van der Waals surface area contributed by atoms with Crippen LogP contribution in [0.15, 0.2) is 60.7 Å². The zero-order valence-electron chi connectivity index (χ0n) is 13.9. The van der Waals surface area contributed by atoms with Crippen LogP contribution in [0.2, 0.25) is 0 Å². The lowest BCUT2D eigenvalue weighted by Crippen LogP contribution is -2.45. The normalized spacial score (nSPS) is 15.0. The Morgan fingerprint density at radius 2 is 1.54 bits per heavy atom. The Balaban J connectivity index is 1.67. The molecule has 1 N–H and O–H groups in total. The molecular weight excluding hydrogens is 300 g/mol. The van der Waals surface area contributed by atoms with Gasteiger partial charge >= 0.3 is 6.09 Å². The van der Waals surface area contributed by atoms with Gasteiger partial charge in [0, 0.05) is 12.6 Å². The van der Waals surface area contributed by atoms with Crippen LogP contribution in [0.25, 0.3) is 0 Å². The van der Waals surface area contributed by atoms with Gasteiger partial charge in [0.05, 0.1) is 0 Å². The molecule has 0 saturated carbocycles. The molecule has 0 unspecified atom stereocenters. The van der Waals surface area contributed by atoms with Crippen LogP contribution >= 0.6 is 0 Å². The van der Waals surface area contributed by atoms with Crippen molar-refractivity contribution in [3.8, 4) is 0 Å². The highest BCUT2D eigenvalue weighted by atomic mass is 16.6. The van der Waals surface area contributed by atoms with Crippen molar-refractivity contribution in [2.45, 2.75) is 32.0 Å². The average Bonchev–Trinajstić information content (AvgIpc) is 2.66. The molecule has 1 amide bonds. The third-order valence-corrected chi connectivity index (χ3v) is 4.38. The van der Waals surface area contributed by atoms with E-state index in [1.165, 1.54) is 0 Å². The molecule has 0 aliphatic carbocycles. The summed E-state index contributed by atoms with van der Waals surface area (Å²) < 4.78 is 5.58. The van der Waals surface area contributed by atoms with Crippen molar-refractivity contribution in [3.63, 3.8) is 0 Å². The number of hydrogen-bond donors (Lipinski definition) is 1. The van der Waals surface area contributed by atoms with E-state index >= 15 is 0 Å². The van der Waals surface area contributed by atoms with E-state index in [9.17, 15) is 4.79 Å². The Morgan fingerprint density at radius 1 is 0.958 bits per heavy atom. The van der Waals surface area contributed by atoms with Crippen LogP contribution in [-0.4, -0.2) is 30.1 Å². The molecule has 126 valence electrons. The maximum absolute atomic E-state index is 12.7. The molecule has 4 nitrogen and oxygen atoms in total. The molecule has 1 heterocycles. The molecule has 1 fully saturated rings. The van der Waals surface area contributed by atoms with Crippen LogP contribution in [0.4, 0.5) is 4.79 Å². The van der Waals surface area contributed by atoms with E-state index in [-0.39, 0.29) is 12.1 Å². The van der Waals surface area contributed by atoms with Gasteiger partial charge in [-0.25, -0.2) is 4.79 Å². The van der Waals surface area contributed by atoms with Crippen molar-refractivity contribution in [1.82, 2.24) is 10.2 Å². The number of piperidine rings is 1. The number of carbonyl (C=O) groups excluding carboxylic acids is 1. The molecule has 2 aromatic rings. The summed E-state index contributed by atoms with van der Waals surface area (Å²) in [6.45, 7) is 2.80. The molecule has 1 saturated heterocycles. The van der Waals surface area contributed by atoms with Crippen LogP contribution in [0.3, 0.4) is 0 Å². The average molecular weight is 324 g/mol. The fourth-order valence-electron chi connectivity index (χ4n) is 3.04. The summed E-state index contributed by atoms with van der Waals surface area (Å²) >= 11 is 0. The molecule has 3 rings (SSSR count). The number of nitrogens with zero attached hydrogens (tertiary/aromatic N) is 1. The first-order valence-corrected chi connectivity index (χ1v) is 8.55. The molecule has 4 heteroatoms. The Kier molecular flexibility index (Phi) is 5.85. The Bertz CT molecular complexity index is 625. The first kappa shape index (κ1) is 16.5. The Labute approximate surface area is 143 Å². The zero-order valence-corrected chi connectivity index (χ0v) is 13.9. The highest BCUT2D eigenvalue weighted by Gasteiger charge is 2.26. The Morgan fingerprint density at radius 3 is 2.17 bits per heavy atom. The van der Waals surface area contributed by atoms with Crippen LogP contribution in [0.1, 0.15) is 24.0 Å². The zero-order chi connectivity index (χ0) is 16.6. The molecule has 0 bridgehead atoms. The van der Waals surface area contributed by atoms with Crippen LogP contribution in [0, 0.1) is 0 Å². The molecule has 24 heavy (non-hydrogen) atoms. The van der Waals surface area contributed by atoms with Crippen molar-refractivity contribution in [2.24, 2.45) is 0 Å². The number of nitrogens with one attached hydrogen (secondary N) is 1.